The highest BCUT2D eigenvalue weighted by atomic mass is 16.2. The molecule has 1 saturated heterocycles. The molecule has 6 heteroatoms. The highest BCUT2D eigenvalue weighted by Gasteiger charge is 2.70. The van der Waals surface area contributed by atoms with Gasteiger partial charge in [-0.2, -0.15) is 0 Å². The van der Waals surface area contributed by atoms with E-state index in [1.54, 1.807) is 36.5 Å². The number of anilines is 2. The monoisotopic (exact) mass is 511 g/mol. The predicted molar refractivity (Wildman–Crippen MR) is 150 cm³/mol. The van der Waals surface area contributed by atoms with Gasteiger partial charge in [-0.3, -0.25) is 19.4 Å². The van der Waals surface area contributed by atoms with Crippen LogP contribution in [0.25, 0.3) is 6.08 Å². The topological polar surface area (TPSA) is 79.4 Å². The number of nitrogens with zero attached hydrogens (tertiary/aromatic N) is 2. The number of amides is 1. The lowest BCUT2D eigenvalue weighted by Gasteiger charge is -2.37. The second-order valence-electron chi connectivity index (χ2n) is 10.4. The van der Waals surface area contributed by atoms with E-state index in [-0.39, 0.29) is 23.2 Å². The van der Waals surface area contributed by atoms with Crippen LogP contribution >= 0.6 is 0 Å². The smallest absolute Gasteiger partial charge is 0.238 e. The highest BCUT2D eigenvalue weighted by Crippen LogP contribution is 2.58. The molecule has 4 aromatic rings. The van der Waals surface area contributed by atoms with Gasteiger partial charge in [-0.25, -0.2) is 0 Å². The number of nitrogens with one attached hydrogen (secondary N) is 1. The zero-order valence-electron chi connectivity index (χ0n) is 21.2. The van der Waals surface area contributed by atoms with Gasteiger partial charge in [-0.15, -0.1) is 0 Å². The minimum absolute atomic E-state index is 0.203. The van der Waals surface area contributed by atoms with Gasteiger partial charge in [0, 0.05) is 23.1 Å². The van der Waals surface area contributed by atoms with Crippen LogP contribution in [0.1, 0.15) is 37.5 Å². The second-order valence-corrected chi connectivity index (χ2v) is 10.4. The number of Topliss-reactive ketones (excluding diaryl/α,β-unsaturated/α-hetero) is 2. The number of pyridine rings is 1. The van der Waals surface area contributed by atoms with E-state index in [1.807, 2.05) is 78.6 Å². The molecule has 0 bridgehead atoms. The summed E-state index contributed by atoms with van der Waals surface area (Å²) in [5.74, 6) is -1.83. The van der Waals surface area contributed by atoms with Crippen molar-refractivity contribution in [2.75, 3.05) is 10.2 Å². The number of hydrogen-bond donors (Lipinski definition) is 1. The molecule has 3 aromatic carbocycles. The predicted octanol–water partition coefficient (Wildman–Crippen LogP) is 5.25. The van der Waals surface area contributed by atoms with E-state index in [0.717, 1.165) is 22.4 Å². The molecule has 1 fully saturated rings. The molecule has 4 heterocycles. The normalized spacial score (nSPS) is 24.2. The summed E-state index contributed by atoms with van der Waals surface area (Å²) in [6.45, 7) is 2.02. The molecule has 1 amide bonds. The van der Waals surface area contributed by atoms with E-state index in [9.17, 15) is 14.4 Å². The Morgan fingerprint density at radius 1 is 0.897 bits per heavy atom. The second kappa shape index (κ2) is 8.60. The van der Waals surface area contributed by atoms with Gasteiger partial charge in [0.05, 0.1) is 12.0 Å². The first-order valence-corrected chi connectivity index (χ1v) is 13.0. The van der Waals surface area contributed by atoms with E-state index in [1.165, 1.54) is 0 Å². The largest absolute Gasteiger partial charge is 0.352 e. The molecule has 0 aliphatic carbocycles. The Hall–Kier alpha value is -4.84. The summed E-state index contributed by atoms with van der Waals surface area (Å²) in [5.41, 5.74) is 3.64. The molecule has 7 rings (SSSR count). The molecule has 3 aliphatic heterocycles. The molecule has 190 valence electrons. The molecule has 0 unspecified atom stereocenters. The fourth-order valence-electron chi connectivity index (χ4n) is 6.74. The summed E-state index contributed by atoms with van der Waals surface area (Å²) in [6.07, 6.45) is 5.56. The van der Waals surface area contributed by atoms with Gasteiger partial charge in [-0.05, 0) is 48.4 Å². The maximum atomic E-state index is 14.6. The standard InChI is InChI=1S/C33H25N3O3/c1-20-14-16-26-22(19-20)15-17-27-33(23-11-5-6-12-24(23)35-32(33)39)28(31(38)25-13-7-8-18-34-25)29(36(26)27)30(37)21-9-3-2-4-10-21/h2-19,27-29H,1H3,(H,35,39)/t27-,28+,29+,33-/m1/s1. The molecule has 39 heavy (non-hydrogen) atoms. The van der Waals surface area contributed by atoms with Gasteiger partial charge in [0.15, 0.2) is 11.6 Å². The molecule has 4 atom stereocenters. The number of aromatic nitrogens is 1. The van der Waals surface area contributed by atoms with E-state index >= 15 is 0 Å². The Kier molecular flexibility index (Phi) is 5.13. The zero-order chi connectivity index (χ0) is 26.7. The van der Waals surface area contributed by atoms with E-state index in [4.69, 9.17) is 0 Å². The van der Waals surface area contributed by atoms with Crippen molar-refractivity contribution in [3.05, 3.63) is 131 Å². The third-order valence-corrected chi connectivity index (χ3v) is 8.31. The average Bonchev–Trinajstić information content (AvgIpc) is 3.45. The number of benzene rings is 3. The first kappa shape index (κ1) is 23.3. The molecule has 0 saturated carbocycles. The Bertz CT molecular complexity index is 1680. The molecule has 0 radical (unpaired) electrons. The van der Waals surface area contributed by atoms with Gasteiger partial charge in [0.2, 0.25) is 5.91 Å². The number of rotatable bonds is 4. The minimum Gasteiger partial charge on any atom is -0.352 e. The number of ketones is 2. The van der Waals surface area contributed by atoms with Crippen LogP contribution in [0, 0.1) is 12.8 Å². The molecule has 3 aliphatic rings. The van der Waals surface area contributed by atoms with Crippen molar-refractivity contribution in [1.82, 2.24) is 4.98 Å². The van der Waals surface area contributed by atoms with Gasteiger partial charge >= 0.3 is 0 Å². The van der Waals surface area contributed by atoms with Crippen LogP contribution in [-0.4, -0.2) is 34.5 Å². The van der Waals surface area contributed by atoms with Crippen molar-refractivity contribution in [2.45, 2.75) is 24.4 Å². The van der Waals surface area contributed by atoms with Crippen LogP contribution in [0.15, 0.2) is 103 Å². The van der Waals surface area contributed by atoms with Crippen LogP contribution in [0.3, 0.4) is 0 Å². The third-order valence-electron chi connectivity index (χ3n) is 8.31. The van der Waals surface area contributed by atoms with Crippen LogP contribution in [0.4, 0.5) is 11.4 Å². The number of hydrogen-bond acceptors (Lipinski definition) is 5. The molecule has 6 nitrogen and oxygen atoms in total. The van der Waals surface area contributed by atoms with Crippen LogP contribution in [-0.2, 0) is 10.2 Å². The maximum Gasteiger partial charge on any atom is 0.238 e. The summed E-state index contributed by atoms with van der Waals surface area (Å²) >= 11 is 0. The molecular weight excluding hydrogens is 486 g/mol. The van der Waals surface area contributed by atoms with Crippen molar-refractivity contribution in [3.63, 3.8) is 0 Å². The Morgan fingerprint density at radius 2 is 1.67 bits per heavy atom. The summed E-state index contributed by atoms with van der Waals surface area (Å²) in [5, 5.41) is 3.05. The summed E-state index contributed by atoms with van der Waals surface area (Å²) in [6, 6.07) is 26.2. The molecule has 1 spiro atoms. The lowest BCUT2D eigenvalue weighted by atomic mass is 9.64. The highest BCUT2D eigenvalue weighted by molar-refractivity contribution is 6.18. The molecular formula is C33H25N3O3. The number of fused-ring (bicyclic) bond motifs is 6. The molecule has 1 aromatic heterocycles. The third kappa shape index (κ3) is 3.21. The van der Waals surface area contributed by atoms with E-state index < -0.39 is 23.4 Å². The Labute approximate surface area is 226 Å². The van der Waals surface area contributed by atoms with E-state index in [0.29, 0.717) is 11.3 Å². The van der Waals surface area contributed by atoms with Crippen molar-refractivity contribution >= 4 is 34.9 Å². The van der Waals surface area contributed by atoms with Crippen molar-refractivity contribution in [2.24, 2.45) is 5.92 Å². The maximum absolute atomic E-state index is 14.6. The zero-order valence-corrected chi connectivity index (χ0v) is 21.2. The first-order chi connectivity index (χ1) is 19.0. The summed E-state index contributed by atoms with van der Waals surface area (Å²) < 4.78 is 0. The van der Waals surface area contributed by atoms with Crippen molar-refractivity contribution in [3.8, 4) is 0 Å². The number of aryl methyl sites for hydroxylation is 1. The first-order valence-electron chi connectivity index (χ1n) is 13.0. The SMILES string of the molecule is Cc1ccc2c(c1)C=C[C@H]1N2[C@H](C(=O)c2ccccc2)[C@@H](C(=O)c2ccccn2)[C@]12C(=O)Nc1ccccc12. The number of para-hydroxylation sites is 1. The fraction of sp³-hybridized carbons (Fsp3) is 0.152. The van der Waals surface area contributed by atoms with E-state index in [2.05, 4.69) is 16.4 Å². The van der Waals surface area contributed by atoms with Crippen molar-refractivity contribution in [1.29, 1.82) is 0 Å². The lowest BCUT2D eigenvalue weighted by Crippen LogP contribution is -2.51. The van der Waals surface area contributed by atoms with Crippen LogP contribution in [0.5, 0.6) is 0 Å². The lowest BCUT2D eigenvalue weighted by molar-refractivity contribution is -0.121. The van der Waals surface area contributed by atoms with Gasteiger partial charge < -0.3 is 10.2 Å². The average molecular weight is 512 g/mol. The number of carbonyl (C=O) groups is 3. The van der Waals surface area contributed by atoms with Crippen LogP contribution < -0.4 is 10.2 Å². The minimum atomic E-state index is -1.33. The van der Waals surface area contributed by atoms with Crippen molar-refractivity contribution < 1.29 is 14.4 Å². The van der Waals surface area contributed by atoms with Gasteiger partial charge in [0.1, 0.15) is 17.2 Å². The Balaban J connectivity index is 1.55. The Morgan fingerprint density at radius 3 is 2.46 bits per heavy atom. The number of carbonyl (C=O) groups excluding carboxylic acids is 3. The van der Waals surface area contributed by atoms with Gasteiger partial charge in [0.25, 0.3) is 0 Å². The summed E-state index contributed by atoms with van der Waals surface area (Å²) in [4.78, 5) is 49.7. The molecule has 1 N–H and O–H groups in total. The van der Waals surface area contributed by atoms with Gasteiger partial charge in [-0.1, -0.05) is 78.4 Å². The quantitative estimate of drug-likeness (QED) is 0.379. The summed E-state index contributed by atoms with van der Waals surface area (Å²) in [7, 11) is 0. The van der Waals surface area contributed by atoms with Crippen LogP contribution in [0.2, 0.25) is 0 Å². The fourth-order valence-corrected chi connectivity index (χ4v) is 6.74.